The van der Waals surface area contributed by atoms with Crippen LogP contribution in [-0.2, 0) is 6.61 Å². The van der Waals surface area contributed by atoms with Crippen molar-refractivity contribution in [2.24, 2.45) is 0 Å². The largest absolute Gasteiger partial charge is 0.496 e. The highest BCUT2D eigenvalue weighted by atomic mass is 35.5. The van der Waals surface area contributed by atoms with E-state index in [2.05, 4.69) is 4.98 Å². The number of benzene rings is 1. The summed E-state index contributed by atoms with van der Waals surface area (Å²) in [5.74, 6) is 1.92. The fourth-order valence-electron chi connectivity index (χ4n) is 1.57. The number of pyridine rings is 1. The molecule has 2 aromatic rings. The first kappa shape index (κ1) is 14.8. The Kier molecular flexibility index (Phi) is 4.93. The maximum Gasteiger partial charge on any atom is 0.130 e. The zero-order chi connectivity index (χ0) is 14.5. The maximum absolute atomic E-state index is 6.06. The van der Waals surface area contributed by atoms with Crippen molar-refractivity contribution in [2.45, 2.75) is 6.61 Å². The predicted octanol–water partition coefficient (Wildman–Crippen LogP) is 3.98. The highest BCUT2D eigenvalue weighted by Crippen LogP contribution is 2.28. The van der Waals surface area contributed by atoms with Gasteiger partial charge in [0.15, 0.2) is 0 Å². The van der Waals surface area contributed by atoms with Crippen LogP contribution in [0, 0.1) is 0 Å². The minimum atomic E-state index is 0.277. The third kappa shape index (κ3) is 3.68. The minimum absolute atomic E-state index is 0.277. The second kappa shape index (κ2) is 6.68. The Morgan fingerprint density at radius 2 is 1.55 bits per heavy atom. The number of hydrogen-bond donors (Lipinski definition) is 0. The molecule has 0 aliphatic rings. The van der Waals surface area contributed by atoms with Crippen molar-refractivity contribution >= 4 is 23.2 Å². The van der Waals surface area contributed by atoms with Crippen molar-refractivity contribution < 1.29 is 14.2 Å². The summed E-state index contributed by atoms with van der Waals surface area (Å²) in [4.78, 5) is 3.97. The van der Waals surface area contributed by atoms with Crippen LogP contribution in [0.5, 0.6) is 17.2 Å². The van der Waals surface area contributed by atoms with E-state index in [1.165, 1.54) is 0 Å². The van der Waals surface area contributed by atoms with E-state index in [-0.39, 0.29) is 6.61 Å². The van der Waals surface area contributed by atoms with Gasteiger partial charge in [-0.3, -0.25) is 0 Å². The summed E-state index contributed by atoms with van der Waals surface area (Å²) < 4.78 is 16.0. The Labute approximate surface area is 127 Å². The van der Waals surface area contributed by atoms with Crippen LogP contribution in [0.3, 0.4) is 0 Å². The summed E-state index contributed by atoms with van der Waals surface area (Å²) in [5.41, 5.74) is 0.748. The van der Waals surface area contributed by atoms with E-state index in [1.807, 2.05) is 0 Å². The van der Waals surface area contributed by atoms with Gasteiger partial charge in [0.1, 0.15) is 29.0 Å². The van der Waals surface area contributed by atoms with Crippen LogP contribution in [0.1, 0.15) is 5.56 Å². The van der Waals surface area contributed by atoms with Crippen LogP contribution in [-0.4, -0.2) is 19.2 Å². The summed E-state index contributed by atoms with van der Waals surface area (Å²) in [6, 6.07) is 6.87. The molecule has 4 nitrogen and oxygen atoms in total. The van der Waals surface area contributed by atoms with Crippen LogP contribution in [0.25, 0.3) is 0 Å². The summed E-state index contributed by atoms with van der Waals surface area (Å²) in [6.45, 7) is 0.277. The molecule has 0 unspecified atom stereocenters. The number of halogens is 2. The van der Waals surface area contributed by atoms with Gasteiger partial charge in [-0.1, -0.05) is 23.2 Å². The molecule has 0 N–H and O–H groups in total. The van der Waals surface area contributed by atoms with E-state index in [0.29, 0.717) is 27.4 Å². The maximum atomic E-state index is 6.06. The molecule has 0 saturated carbocycles. The Morgan fingerprint density at radius 1 is 0.950 bits per heavy atom. The smallest absolute Gasteiger partial charge is 0.130 e. The van der Waals surface area contributed by atoms with Crippen LogP contribution in [0.2, 0.25) is 10.2 Å². The zero-order valence-corrected chi connectivity index (χ0v) is 12.5. The zero-order valence-electron chi connectivity index (χ0n) is 11.0. The molecule has 0 amide bonds. The number of nitrogens with zero attached hydrogens (tertiary/aromatic N) is 1. The van der Waals surface area contributed by atoms with Gasteiger partial charge in [-0.15, -0.1) is 0 Å². The number of rotatable bonds is 5. The summed E-state index contributed by atoms with van der Waals surface area (Å²) in [6.07, 6.45) is 1.59. The fourth-order valence-corrected chi connectivity index (χ4v) is 1.99. The Hall–Kier alpha value is -1.65. The highest BCUT2D eigenvalue weighted by Gasteiger charge is 2.06. The Bertz CT molecular complexity index is 583. The number of hydrogen-bond acceptors (Lipinski definition) is 4. The lowest BCUT2D eigenvalue weighted by Crippen LogP contribution is -1.98. The second-order valence-electron chi connectivity index (χ2n) is 3.94. The van der Waals surface area contributed by atoms with Crippen molar-refractivity contribution in [1.29, 1.82) is 0 Å². The second-order valence-corrected chi connectivity index (χ2v) is 4.73. The van der Waals surface area contributed by atoms with Gasteiger partial charge >= 0.3 is 0 Å². The third-order valence-corrected chi connectivity index (χ3v) is 3.17. The summed E-state index contributed by atoms with van der Waals surface area (Å²) >= 11 is 11.8. The van der Waals surface area contributed by atoms with Crippen LogP contribution >= 0.6 is 23.2 Å². The normalized spacial score (nSPS) is 10.2. The van der Waals surface area contributed by atoms with Crippen LogP contribution in [0.4, 0.5) is 0 Å². The van der Waals surface area contributed by atoms with E-state index in [0.717, 1.165) is 5.56 Å². The lowest BCUT2D eigenvalue weighted by atomic mass is 10.3. The van der Waals surface area contributed by atoms with Gasteiger partial charge in [0.2, 0.25) is 0 Å². The Balaban J connectivity index is 2.13. The molecular weight excluding hydrogens is 301 g/mol. The molecule has 0 fully saturated rings. The molecule has 0 aliphatic heterocycles. The van der Waals surface area contributed by atoms with Crippen molar-refractivity contribution in [1.82, 2.24) is 4.98 Å². The molecular formula is C14H13Cl2NO3. The molecule has 0 spiro atoms. The fraction of sp³-hybridized carbons (Fsp3) is 0.214. The third-order valence-electron chi connectivity index (χ3n) is 2.62. The van der Waals surface area contributed by atoms with Crippen molar-refractivity contribution in [3.8, 4) is 17.2 Å². The first-order valence-corrected chi connectivity index (χ1v) is 6.53. The average Bonchev–Trinajstić information content (AvgIpc) is 2.46. The van der Waals surface area contributed by atoms with Crippen molar-refractivity contribution in [3.63, 3.8) is 0 Å². The molecule has 6 heteroatoms. The average molecular weight is 314 g/mol. The van der Waals surface area contributed by atoms with Gasteiger partial charge < -0.3 is 14.2 Å². The molecule has 0 atom stereocenters. The van der Waals surface area contributed by atoms with Crippen molar-refractivity contribution in [2.75, 3.05) is 14.2 Å². The molecule has 0 bridgehead atoms. The molecule has 106 valence electrons. The number of methoxy groups -OCH3 is 2. The quantitative estimate of drug-likeness (QED) is 0.783. The first-order chi connectivity index (χ1) is 9.62. The summed E-state index contributed by atoms with van der Waals surface area (Å²) in [7, 11) is 3.16. The molecule has 1 aromatic heterocycles. The van der Waals surface area contributed by atoms with E-state index in [1.54, 1.807) is 44.7 Å². The molecule has 20 heavy (non-hydrogen) atoms. The SMILES string of the molecule is COc1cc(OC)cc(OCc2cnc(Cl)cc2Cl)c1. The van der Waals surface area contributed by atoms with Crippen molar-refractivity contribution in [3.05, 3.63) is 46.2 Å². The summed E-state index contributed by atoms with van der Waals surface area (Å²) in [5, 5.41) is 0.863. The molecule has 1 heterocycles. The van der Waals surface area contributed by atoms with E-state index in [4.69, 9.17) is 37.4 Å². The van der Waals surface area contributed by atoms with Gasteiger partial charge in [0.05, 0.1) is 19.2 Å². The van der Waals surface area contributed by atoms with Crippen LogP contribution < -0.4 is 14.2 Å². The lowest BCUT2D eigenvalue weighted by molar-refractivity contribution is 0.300. The first-order valence-electron chi connectivity index (χ1n) is 5.78. The highest BCUT2D eigenvalue weighted by molar-refractivity contribution is 6.34. The number of aromatic nitrogens is 1. The minimum Gasteiger partial charge on any atom is -0.496 e. The standard InChI is InChI=1S/C14H13Cl2NO3/c1-18-10-3-11(19-2)5-12(4-10)20-8-9-7-17-14(16)6-13(9)15/h3-7H,8H2,1-2H3. The van der Waals surface area contributed by atoms with Gasteiger partial charge in [-0.25, -0.2) is 4.98 Å². The topological polar surface area (TPSA) is 40.6 Å². The van der Waals surface area contributed by atoms with Gasteiger partial charge in [0.25, 0.3) is 0 Å². The predicted molar refractivity (Wildman–Crippen MR) is 78.1 cm³/mol. The molecule has 1 aromatic carbocycles. The molecule has 0 radical (unpaired) electrons. The van der Waals surface area contributed by atoms with Gasteiger partial charge in [-0.05, 0) is 6.07 Å². The molecule has 2 rings (SSSR count). The van der Waals surface area contributed by atoms with Gasteiger partial charge in [0, 0.05) is 30.0 Å². The van der Waals surface area contributed by atoms with Crippen LogP contribution in [0.15, 0.2) is 30.5 Å². The molecule has 0 aliphatic carbocycles. The molecule has 0 saturated heterocycles. The van der Waals surface area contributed by atoms with E-state index in [9.17, 15) is 0 Å². The monoisotopic (exact) mass is 313 g/mol. The van der Waals surface area contributed by atoms with Gasteiger partial charge in [-0.2, -0.15) is 0 Å². The number of ether oxygens (including phenoxy) is 3. The lowest BCUT2D eigenvalue weighted by Gasteiger charge is -2.11. The van der Waals surface area contributed by atoms with E-state index >= 15 is 0 Å². The Morgan fingerprint density at radius 3 is 2.10 bits per heavy atom. The van der Waals surface area contributed by atoms with E-state index < -0.39 is 0 Å².